The second kappa shape index (κ2) is 2.17. The Kier molecular flexibility index (Phi) is 1.72. The molecule has 1 aliphatic heterocycles. The second-order valence-electron chi connectivity index (χ2n) is 2.86. The fraction of sp³-hybridized carbons (Fsp3) is 1.00. The molecule has 0 bridgehead atoms. The molecule has 1 unspecified atom stereocenters. The van der Waals surface area contributed by atoms with Crippen LogP contribution >= 0.6 is 0 Å². The average molecular weight is 148 g/mol. The highest BCUT2D eigenvalue weighted by molar-refractivity contribution is 4.94. The van der Waals surface area contributed by atoms with Crippen LogP contribution in [0.3, 0.4) is 0 Å². The van der Waals surface area contributed by atoms with Crippen LogP contribution < -0.4 is 0 Å². The van der Waals surface area contributed by atoms with Crippen molar-refractivity contribution in [2.75, 3.05) is 0 Å². The molecule has 0 spiro atoms. The van der Waals surface area contributed by atoms with Crippen molar-refractivity contribution in [3.63, 3.8) is 0 Å². The summed E-state index contributed by atoms with van der Waals surface area (Å²) >= 11 is 0. The first-order valence-electron chi connectivity index (χ1n) is 3.20. The molecule has 0 saturated carbocycles. The number of aliphatic hydroxyl groups is 3. The van der Waals surface area contributed by atoms with Gasteiger partial charge in [-0.25, -0.2) is 0 Å². The van der Waals surface area contributed by atoms with Gasteiger partial charge in [0.25, 0.3) is 0 Å². The zero-order valence-corrected chi connectivity index (χ0v) is 5.98. The Morgan fingerprint density at radius 2 is 1.90 bits per heavy atom. The maximum atomic E-state index is 9.28. The van der Waals surface area contributed by atoms with Gasteiger partial charge in [-0.2, -0.15) is 0 Å². The minimum Gasteiger partial charge on any atom is -0.387 e. The smallest absolute Gasteiger partial charge is 0.186 e. The maximum Gasteiger partial charge on any atom is 0.186 e. The average Bonchev–Trinajstić information content (AvgIpc) is 1.97. The van der Waals surface area contributed by atoms with Gasteiger partial charge in [0.05, 0.1) is 6.10 Å². The molecule has 1 fully saturated rings. The van der Waals surface area contributed by atoms with Gasteiger partial charge in [-0.1, -0.05) is 0 Å². The normalized spacial score (nSPS) is 55.5. The molecular weight excluding hydrogens is 136 g/mol. The summed E-state index contributed by atoms with van der Waals surface area (Å²) in [6, 6.07) is 0. The van der Waals surface area contributed by atoms with Crippen LogP contribution in [0.25, 0.3) is 0 Å². The summed E-state index contributed by atoms with van der Waals surface area (Å²) in [6.45, 7) is 2.93. The van der Waals surface area contributed by atoms with Crippen molar-refractivity contribution in [2.45, 2.75) is 37.9 Å². The molecule has 0 radical (unpaired) electrons. The van der Waals surface area contributed by atoms with Crippen LogP contribution in [-0.2, 0) is 4.74 Å². The predicted molar refractivity (Wildman–Crippen MR) is 33.2 cm³/mol. The highest BCUT2D eigenvalue weighted by Gasteiger charge is 2.49. The monoisotopic (exact) mass is 148 g/mol. The van der Waals surface area contributed by atoms with Crippen LogP contribution in [0.1, 0.15) is 13.8 Å². The summed E-state index contributed by atoms with van der Waals surface area (Å²) in [4.78, 5) is 0. The number of aliphatic hydroxyl groups excluding tert-OH is 2. The Morgan fingerprint density at radius 3 is 2.00 bits per heavy atom. The second-order valence-corrected chi connectivity index (χ2v) is 2.86. The Labute approximate surface area is 59.1 Å². The van der Waals surface area contributed by atoms with Gasteiger partial charge in [-0.05, 0) is 13.8 Å². The summed E-state index contributed by atoms with van der Waals surface area (Å²) < 4.78 is 4.74. The first kappa shape index (κ1) is 7.94. The standard InChI is InChI=1S/C6H12O4/c1-3-4(7)6(2,9)5(8)10-3/h3-5,7-9H,1-2H3/t3-,4+,5?,6+/m0/s1. The van der Waals surface area contributed by atoms with Crippen molar-refractivity contribution in [3.8, 4) is 0 Å². The first-order valence-corrected chi connectivity index (χ1v) is 3.20. The molecule has 0 amide bonds. The molecule has 0 aliphatic carbocycles. The fourth-order valence-electron chi connectivity index (χ4n) is 1.04. The zero-order valence-electron chi connectivity index (χ0n) is 5.98. The molecule has 1 heterocycles. The fourth-order valence-corrected chi connectivity index (χ4v) is 1.04. The van der Waals surface area contributed by atoms with Crippen molar-refractivity contribution in [1.29, 1.82) is 0 Å². The van der Waals surface area contributed by atoms with Crippen molar-refractivity contribution in [2.24, 2.45) is 0 Å². The van der Waals surface area contributed by atoms with Crippen molar-refractivity contribution in [1.82, 2.24) is 0 Å². The van der Waals surface area contributed by atoms with Crippen molar-refractivity contribution >= 4 is 0 Å². The largest absolute Gasteiger partial charge is 0.387 e. The third-order valence-electron chi connectivity index (χ3n) is 1.89. The Morgan fingerprint density at radius 1 is 1.40 bits per heavy atom. The molecule has 1 saturated heterocycles. The van der Waals surface area contributed by atoms with E-state index in [9.17, 15) is 5.11 Å². The van der Waals surface area contributed by atoms with Crippen LogP contribution in [0.5, 0.6) is 0 Å². The lowest BCUT2D eigenvalue weighted by Gasteiger charge is -2.22. The molecule has 4 heteroatoms. The maximum absolute atomic E-state index is 9.28. The summed E-state index contributed by atoms with van der Waals surface area (Å²) in [5.41, 5.74) is -1.53. The zero-order chi connectivity index (χ0) is 7.94. The molecular formula is C6H12O4. The number of ether oxygens (including phenoxy) is 1. The predicted octanol–water partition coefficient (Wildman–Crippen LogP) is -1.16. The van der Waals surface area contributed by atoms with Crippen LogP contribution in [0.2, 0.25) is 0 Å². The lowest BCUT2D eigenvalue weighted by atomic mass is 9.99. The van der Waals surface area contributed by atoms with Gasteiger partial charge in [0, 0.05) is 0 Å². The Bertz CT molecular complexity index is 134. The van der Waals surface area contributed by atoms with E-state index in [1.807, 2.05) is 0 Å². The lowest BCUT2D eigenvalue weighted by Crippen LogP contribution is -2.44. The van der Waals surface area contributed by atoms with E-state index in [1.165, 1.54) is 6.92 Å². The lowest BCUT2D eigenvalue weighted by molar-refractivity contribution is -0.166. The minimum absolute atomic E-state index is 0.509. The topological polar surface area (TPSA) is 69.9 Å². The van der Waals surface area contributed by atoms with Gasteiger partial charge in [0.2, 0.25) is 0 Å². The molecule has 1 aliphatic rings. The van der Waals surface area contributed by atoms with Gasteiger partial charge in [0.15, 0.2) is 6.29 Å². The summed E-state index contributed by atoms with van der Waals surface area (Å²) in [6.07, 6.45) is -2.80. The van der Waals surface area contributed by atoms with E-state index in [0.29, 0.717) is 0 Å². The molecule has 60 valence electrons. The van der Waals surface area contributed by atoms with E-state index in [2.05, 4.69) is 0 Å². The van der Waals surface area contributed by atoms with Crippen LogP contribution in [-0.4, -0.2) is 39.4 Å². The first-order chi connectivity index (χ1) is 4.46. The summed E-state index contributed by atoms with van der Waals surface area (Å²) in [5.74, 6) is 0. The van der Waals surface area contributed by atoms with E-state index >= 15 is 0 Å². The molecule has 1 rings (SSSR count). The van der Waals surface area contributed by atoms with Crippen LogP contribution in [0.4, 0.5) is 0 Å². The highest BCUT2D eigenvalue weighted by Crippen LogP contribution is 2.28. The van der Waals surface area contributed by atoms with E-state index < -0.39 is 24.1 Å². The summed E-state index contributed by atoms with van der Waals surface area (Å²) in [5, 5.41) is 27.4. The van der Waals surface area contributed by atoms with Gasteiger partial charge >= 0.3 is 0 Å². The van der Waals surface area contributed by atoms with E-state index in [1.54, 1.807) is 6.92 Å². The highest BCUT2D eigenvalue weighted by atomic mass is 16.6. The number of hydrogen-bond donors (Lipinski definition) is 3. The van der Waals surface area contributed by atoms with E-state index in [0.717, 1.165) is 0 Å². The van der Waals surface area contributed by atoms with E-state index in [4.69, 9.17) is 14.9 Å². The third-order valence-corrected chi connectivity index (χ3v) is 1.89. The van der Waals surface area contributed by atoms with Crippen LogP contribution in [0, 0.1) is 0 Å². The van der Waals surface area contributed by atoms with Gasteiger partial charge in [-0.3, -0.25) is 0 Å². The summed E-state index contributed by atoms with van der Waals surface area (Å²) in [7, 11) is 0. The van der Waals surface area contributed by atoms with Crippen molar-refractivity contribution < 1.29 is 20.1 Å². The molecule has 4 atom stereocenters. The number of hydrogen-bond acceptors (Lipinski definition) is 4. The molecule has 0 aromatic heterocycles. The molecule has 3 N–H and O–H groups in total. The third kappa shape index (κ3) is 0.932. The van der Waals surface area contributed by atoms with E-state index in [-0.39, 0.29) is 0 Å². The Hall–Kier alpha value is -0.160. The SMILES string of the molecule is C[C@@H]1OC(O)[C@](C)(O)[C@@H]1O. The minimum atomic E-state index is -1.53. The molecule has 0 aromatic carbocycles. The van der Waals surface area contributed by atoms with Crippen LogP contribution in [0.15, 0.2) is 0 Å². The molecule has 0 aromatic rings. The number of rotatable bonds is 0. The van der Waals surface area contributed by atoms with Gasteiger partial charge < -0.3 is 20.1 Å². The van der Waals surface area contributed by atoms with Crippen molar-refractivity contribution in [3.05, 3.63) is 0 Å². The molecule has 4 nitrogen and oxygen atoms in total. The quantitative estimate of drug-likeness (QED) is 0.405. The molecule has 10 heavy (non-hydrogen) atoms. The van der Waals surface area contributed by atoms with Gasteiger partial charge in [0.1, 0.15) is 11.7 Å². The Balaban J connectivity index is 2.75. The van der Waals surface area contributed by atoms with Gasteiger partial charge in [-0.15, -0.1) is 0 Å².